The monoisotopic (exact) mass is 658 g/mol. The van der Waals surface area contributed by atoms with Gasteiger partial charge in [0.15, 0.2) is 6.29 Å². The van der Waals surface area contributed by atoms with E-state index in [2.05, 4.69) is 18.8 Å². The lowest BCUT2D eigenvalue weighted by Gasteiger charge is -2.35. The first kappa shape index (κ1) is 40.6. The zero-order valence-corrected chi connectivity index (χ0v) is 29.9. The van der Waals surface area contributed by atoms with Gasteiger partial charge in [0, 0.05) is 40.1 Å². The third kappa shape index (κ3) is 15.9. The molecule has 1 heterocycles. The number of pyridine rings is 1. The number of carbonyl (C=O) groups is 1. The Bertz CT molecular complexity index is 1030. The Hall–Kier alpha value is -2.56. The van der Waals surface area contributed by atoms with E-state index in [1.807, 2.05) is 36.4 Å². The number of rotatable bonds is 27. The van der Waals surface area contributed by atoms with E-state index in [-0.39, 0.29) is 31.5 Å². The lowest BCUT2D eigenvalue weighted by molar-refractivity contribution is -0.235. The number of amides is 1. The lowest BCUT2D eigenvalue weighted by atomic mass is 9.98. The van der Waals surface area contributed by atoms with Crippen molar-refractivity contribution in [3.8, 4) is 0 Å². The molecule has 9 heteroatoms. The predicted octanol–water partition coefficient (Wildman–Crippen LogP) is 8.91. The number of benzene rings is 1. The number of carbonyl (C=O) groups excluding carboxylic acids is 1. The normalized spacial score (nSPS) is 14.7. The number of hydrogen-bond donors (Lipinski definition) is 0. The van der Waals surface area contributed by atoms with Crippen LogP contribution in [-0.4, -0.2) is 77.1 Å². The van der Waals surface area contributed by atoms with E-state index in [9.17, 15) is 4.79 Å². The fourth-order valence-electron chi connectivity index (χ4n) is 5.63. The van der Waals surface area contributed by atoms with Crippen LogP contribution < -0.4 is 4.90 Å². The summed E-state index contributed by atoms with van der Waals surface area (Å²) >= 11 is 0. The molecule has 1 amide bonds. The molecule has 0 saturated carbocycles. The second-order valence-corrected chi connectivity index (χ2v) is 12.1. The molecule has 5 atom stereocenters. The van der Waals surface area contributed by atoms with Crippen LogP contribution in [0.4, 0.5) is 10.6 Å². The van der Waals surface area contributed by atoms with E-state index < -0.39 is 18.5 Å². The molecule has 1 aromatic carbocycles. The highest BCUT2D eigenvalue weighted by Gasteiger charge is 2.33. The molecule has 0 fully saturated rings. The largest absolute Gasteiger partial charge is 0.446 e. The van der Waals surface area contributed by atoms with Crippen LogP contribution in [0.25, 0.3) is 0 Å². The predicted molar refractivity (Wildman–Crippen MR) is 188 cm³/mol. The molecule has 5 unspecified atom stereocenters. The van der Waals surface area contributed by atoms with Gasteiger partial charge < -0.3 is 28.4 Å². The molecule has 0 saturated heterocycles. The summed E-state index contributed by atoms with van der Waals surface area (Å²) in [4.78, 5) is 18.2. The summed E-state index contributed by atoms with van der Waals surface area (Å²) in [5, 5.41) is 0. The summed E-state index contributed by atoms with van der Waals surface area (Å²) in [7, 11) is 6.65. The van der Waals surface area contributed by atoms with Gasteiger partial charge in [-0.05, 0) is 25.0 Å². The quantitative estimate of drug-likeness (QED) is 0.0695. The molecular formula is C38H62N2O7. The van der Waals surface area contributed by atoms with E-state index in [1.165, 1.54) is 69.1 Å². The molecule has 0 radical (unpaired) electrons. The highest BCUT2D eigenvalue weighted by atomic mass is 16.7. The summed E-state index contributed by atoms with van der Waals surface area (Å²) < 4.78 is 36.2. The SMILES string of the molecule is CCCCCCCCCCCCCC(OC)C(OC(OCC(COC(=O)N(C)c1ccccn1)OC)c1ccccc1)C(CC)OC. The van der Waals surface area contributed by atoms with Crippen LogP contribution in [0.1, 0.15) is 109 Å². The van der Waals surface area contributed by atoms with Gasteiger partial charge in [0.05, 0.1) is 18.8 Å². The summed E-state index contributed by atoms with van der Waals surface area (Å²) in [6, 6.07) is 15.2. The van der Waals surface area contributed by atoms with Gasteiger partial charge in [-0.2, -0.15) is 0 Å². The number of hydrogen-bond acceptors (Lipinski definition) is 8. The standard InChI is InChI=1S/C38H62N2O7/c1-7-9-10-11-12-13-14-15-16-17-21-26-34(44-6)36(33(8-2)43-5)47-37(31-24-19-18-20-25-31)45-29-32(42-4)30-46-38(41)40(3)35-27-22-23-28-39-35/h18-20,22-25,27-28,32-34,36-37H,7-17,21,26,29-30H2,1-6H3. The maximum Gasteiger partial charge on any atom is 0.415 e. The molecular weight excluding hydrogens is 596 g/mol. The van der Waals surface area contributed by atoms with Crippen LogP contribution in [0, 0.1) is 0 Å². The van der Waals surface area contributed by atoms with Gasteiger partial charge in [-0.3, -0.25) is 4.90 Å². The fourth-order valence-corrected chi connectivity index (χ4v) is 5.63. The smallest absolute Gasteiger partial charge is 0.415 e. The summed E-state index contributed by atoms with van der Waals surface area (Å²) in [5.74, 6) is 0.496. The minimum atomic E-state index is -0.704. The summed E-state index contributed by atoms with van der Waals surface area (Å²) in [6.45, 7) is 4.51. The van der Waals surface area contributed by atoms with E-state index in [0.29, 0.717) is 5.82 Å². The molecule has 47 heavy (non-hydrogen) atoms. The number of nitrogens with zero attached hydrogens (tertiary/aromatic N) is 2. The van der Waals surface area contributed by atoms with Gasteiger partial charge in [-0.1, -0.05) is 121 Å². The van der Waals surface area contributed by atoms with Crippen molar-refractivity contribution in [2.75, 3.05) is 46.5 Å². The number of anilines is 1. The van der Waals surface area contributed by atoms with E-state index in [4.69, 9.17) is 28.4 Å². The van der Waals surface area contributed by atoms with Crippen LogP contribution in [0.3, 0.4) is 0 Å². The van der Waals surface area contributed by atoms with Crippen LogP contribution in [0.5, 0.6) is 0 Å². The molecule has 0 aliphatic rings. The molecule has 2 aromatic rings. The molecule has 266 valence electrons. The summed E-state index contributed by atoms with van der Waals surface area (Å²) in [5.41, 5.74) is 0.870. The van der Waals surface area contributed by atoms with Gasteiger partial charge in [0.2, 0.25) is 0 Å². The second kappa shape index (κ2) is 25.5. The summed E-state index contributed by atoms with van der Waals surface area (Å²) in [6.07, 6.45) is 15.1. The first-order valence-electron chi connectivity index (χ1n) is 17.7. The van der Waals surface area contributed by atoms with Crippen molar-refractivity contribution in [2.24, 2.45) is 0 Å². The third-order valence-electron chi connectivity index (χ3n) is 8.61. The minimum absolute atomic E-state index is 0.00660. The van der Waals surface area contributed by atoms with E-state index in [1.54, 1.807) is 46.7 Å². The van der Waals surface area contributed by atoms with Crippen molar-refractivity contribution in [1.82, 2.24) is 4.98 Å². The van der Waals surface area contributed by atoms with Crippen molar-refractivity contribution in [3.63, 3.8) is 0 Å². The average Bonchev–Trinajstić information content (AvgIpc) is 3.11. The Morgan fingerprint density at radius 1 is 0.745 bits per heavy atom. The van der Waals surface area contributed by atoms with Gasteiger partial charge in [-0.15, -0.1) is 0 Å². The zero-order chi connectivity index (χ0) is 34.1. The number of ether oxygens (including phenoxy) is 6. The lowest BCUT2D eigenvalue weighted by Crippen LogP contribution is -2.43. The first-order chi connectivity index (χ1) is 23.0. The second-order valence-electron chi connectivity index (χ2n) is 12.1. The Balaban J connectivity index is 1.97. The van der Waals surface area contributed by atoms with Crippen molar-refractivity contribution in [2.45, 2.75) is 128 Å². The molecule has 0 aliphatic carbocycles. The fraction of sp³-hybridized carbons (Fsp3) is 0.684. The number of unbranched alkanes of at least 4 members (excludes halogenated alkanes) is 10. The van der Waals surface area contributed by atoms with Crippen molar-refractivity contribution >= 4 is 11.9 Å². The topological polar surface area (TPSA) is 88.6 Å². The average molecular weight is 659 g/mol. The van der Waals surface area contributed by atoms with Gasteiger partial charge in [0.1, 0.15) is 24.6 Å². The highest BCUT2D eigenvalue weighted by molar-refractivity contribution is 5.85. The Morgan fingerprint density at radius 2 is 1.36 bits per heavy atom. The Kier molecular flexibility index (Phi) is 22.0. The molecule has 0 bridgehead atoms. The van der Waals surface area contributed by atoms with Crippen molar-refractivity contribution < 1.29 is 33.2 Å². The maximum atomic E-state index is 12.7. The van der Waals surface area contributed by atoms with Crippen LogP contribution in [-0.2, 0) is 28.4 Å². The zero-order valence-electron chi connectivity index (χ0n) is 29.9. The third-order valence-corrected chi connectivity index (χ3v) is 8.61. The molecule has 9 nitrogen and oxygen atoms in total. The van der Waals surface area contributed by atoms with Crippen molar-refractivity contribution in [3.05, 3.63) is 60.3 Å². The molecule has 2 rings (SSSR count). The van der Waals surface area contributed by atoms with Gasteiger partial charge in [-0.25, -0.2) is 9.78 Å². The Morgan fingerprint density at radius 3 is 1.91 bits per heavy atom. The van der Waals surface area contributed by atoms with Crippen LogP contribution in [0.2, 0.25) is 0 Å². The molecule has 0 spiro atoms. The van der Waals surface area contributed by atoms with Crippen molar-refractivity contribution in [1.29, 1.82) is 0 Å². The minimum Gasteiger partial charge on any atom is -0.446 e. The molecule has 0 N–H and O–H groups in total. The first-order valence-corrected chi connectivity index (χ1v) is 17.7. The number of aromatic nitrogens is 1. The maximum absolute atomic E-state index is 12.7. The van der Waals surface area contributed by atoms with E-state index in [0.717, 1.165) is 24.8 Å². The van der Waals surface area contributed by atoms with Crippen LogP contribution in [0.15, 0.2) is 54.7 Å². The van der Waals surface area contributed by atoms with Gasteiger partial charge >= 0.3 is 6.09 Å². The number of methoxy groups -OCH3 is 3. The molecule has 0 aliphatic heterocycles. The molecule has 1 aromatic heterocycles. The van der Waals surface area contributed by atoms with Gasteiger partial charge in [0.25, 0.3) is 0 Å². The van der Waals surface area contributed by atoms with E-state index >= 15 is 0 Å². The van der Waals surface area contributed by atoms with Crippen LogP contribution >= 0.6 is 0 Å². The Labute approximate surface area is 284 Å². The highest BCUT2D eigenvalue weighted by Crippen LogP contribution is 2.28.